The van der Waals surface area contributed by atoms with E-state index < -0.39 is 4.92 Å². The van der Waals surface area contributed by atoms with E-state index in [0.29, 0.717) is 0 Å². The molecule has 3 rings (SSSR count). The maximum atomic E-state index is 11.5. The number of hydrazine groups is 1. The van der Waals surface area contributed by atoms with E-state index in [1.807, 2.05) is 29.3 Å². The number of nitro benzene ring substituents is 1. The Kier molecular flexibility index (Phi) is 3.60. The van der Waals surface area contributed by atoms with Crippen molar-refractivity contribution in [3.63, 3.8) is 0 Å². The van der Waals surface area contributed by atoms with Gasteiger partial charge in [-0.2, -0.15) is 5.01 Å². The Morgan fingerprint density at radius 3 is 2.59 bits per heavy atom. The Morgan fingerprint density at radius 2 is 1.95 bits per heavy atom. The van der Waals surface area contributed by atoms with Gasteiger partial charge >= 0.3 is 0 Å². The molecule has 0 spiro atoms. The molecule has 0 saturated carbocycles. The molecule has 1 aliphatic carbocycles. The average molecular weight is 297 g/mol. The quantitative estimate of drug-likeness (QED) is 0.686. The molecule has 1 aromatic carbocycles. The molecule has 1 aromatic rings. The van der Waals surface area contributed by atoms with Crippen molar-refractivity contribution in [3.05, 3.63) is 75.9 Å². The van der Waals surface area contributed by atoms with Crippen LogP contribution in [-0.4, -0.2) is 21.9 Å². The molecule has 0 bridgehead atoms. The van der Waals surface area contributed by atoms with Crippen molar-refractivity contribution in [2.75, 3.05) is 0 Å². The number of non-ortho nitro benzene ring substituents is 1. The summed E-state index contributed by atoms with van der Waals surface area (Å²) < 4.78 is 0. The van der Waals surface area contributed by atoms with E-state index in [9.17, 15) is 14.9 Å². The topological polar surface area (TPSA) is 75.5 Å². The first-order valence-corrected chi connectivity index (χ1v) is 6.93. The molecule has 0 unspecified atom stereocenters. The smallest absolute Gasteiger partial charge is 0.269 e. The second-order valence-corrected chi connectivity index (χ2v) is 5.22. The van der Waals surface area contributed by atoms with Gasteiger partial charge in [0.1, 0.15) is 0 Å². The fraction of sp³-hybridized carbons (Fsp3) is 0.188. The summed E-state index contributed by atoms with van der Waals surface area (Å²) in [4.78, 5) is 21.8. The normalized spacial score (nSPS) is 23.0. The number of benzene rings is 1. The van der Waals surface area contributed by atoms with Gasteiger partial charge in [0, 0.05) is 19.1 Å². The van der Waals surface area contributed by atoms with Crippen LogP contribution in [0, 0.1) is 10.1 Å². The average Bonchev–Trinajstić information content (AvgIpc) is 2.86. The molecule has 0 aromatic heterocycles. The zero-order chi connectivity index (χ0) is 15.7. The van der Waals surface area contributed by atoms with Crippen molar-refractivity contribution in [3.8, 4) is 0 Å². The first kappa shape index (κ1) is 14.2. The third-order valence-electron chi connectivity index (χ3n) is 3.72. The van der Waals surface area contributed by atoms with Crippen LogP contribution < -0.4 is 5.43 Å². The molecule has 1 amide bonds. The number of rotatable bonds is 3. The van der Waals surface area contributed by atoms with Crippen molar-refractivity contribution < 1.29 is 9.72 Å². The van der Waals surface area contributed by atoms with E-state index in [2.05, 4.69) is 11.5 Å². The first-order valence-electron chi connectivity index (χ1n) is 6.93. The summed E-state index contributed by atoms with van der Waals surface area (Å²) in [6, 6.07) is 6.23. The van der Waals surface area contributed by atoms with Crippen LogP contribution in [0.2, 0.25) is 0 Å². The molecule has 1 heterocycles. The number of nitrogens with zero attached hydrogens (tertiary/aromatic N) is 2. The molecular weight excluding hydrogens is 282 g/mol. The number of hydrogen-bond acceptors (Lipinski definition) is 4. The van der Waals surface area contributed by atoms with Crippen LogP contribution in [0.5, 0.6) is 0 Å². The van der Waals surface area contributed by atoms with Crippen LogP contribution in [0.15, 0.2) is 60.2 Å². The van der Waals surface area contributed by atoms with Crippen molar-refractivity contribution in [1.82, 2.24) is 10.4 Å². The number of hydrogen-bond donors (Lipinski definition) is 1. The predicted octanol–water partition coefficient (Wildman–Crippen LogP) is 2.42. The first-order chi connectivity index (χ1) is 10.6. The third-order valence-corrected chi connectivity index (χ3v) is 3.72. The van der Waals surface area contributed by atoms with Crippen LogP contribution >= 0.6 is 0 Å². The van der Waals surface area contributed by atoms with Crippen molar-refractivity contribution in [2.24, 2.45) is 0 Å². The van der Waals surface area contributed by atoms with Crippen molar-refractivity contribution in [2.45, 2.75) is 19.0 Å². The highest BCUT2D eigenvalue weighted by Gasteiger charge is 2.34. The van der Waals surface area contributed by atoms with Crippen LogP contribution in [0.1, 0.15) is 18.5 Å². The number of amides is 1. The number of fused-ring (bicyclic) bond motifs is 1. The summed E-state index contributed by atoms with van der Waals surface area (Å²) in [5.41, 5.74) is 4.89. The molecule has 112 valence electrons. The number of nitro groups is 1. The van der Waals surface area contributed by atoms with Gasteiger partial charge in [0.15, 0.2) is 0 Å². The van der Waals surface area contributed by atoms with E-state index >= 15 is 0 Å². The van der Waals surface area contributed by atoms with Gasteiger partial charge in [-0.15, -0.1) is 0 Å². The fourth-order valence-electron chi connectivity index (χ4n) is 2.76. The van der Waals surface area contributed by atoms with Gasteiger partial charge in [-0.3, -0.25) is 20.3 Å². The highest BCUT2D eigenvalue weighted by molar-refractivity contribution is 5.72. The molecule has 1 aliphatic heterocycles. The second-order valence-electron chi connectivity index (χ2n) is 5.22. The molecule has 0 radical (unpaired) electrons. The summed E-state index contributed by atoms with van der Waals surface area (Å²) in [5, 5.41) is 12.6. The highest BCUT2D eigenvalue weighted by atomic mass is 16.6. The molecule has 0 saturated heterocycles. The molecule has 2 aliphatic rings. The Labute approximate surface area is 127 Å². The van der Waals surface area contributed by atoms with Gasteiger partial charge < -0.3 is 0 Å². The minimum atomic E-state index is -0.423. The predicted molar refractivity (Wildman–Crippen MR) is 81.6 cm³/mol. The molecule has 22 heavy (non-hydrogen) atoms. The zero-order valence-electron chi connectivity index (χ0n) is 12.0. The van der Waals surface area contributed by atoms with Crippen LogP contribution in [0.3, 0.4) is 0 Å². The fourth-order valence-corrected chi connectivity index (χ4v) is 2.76. The third kappa shape index (κ3) is 2.56. The van der Waals surface area contributed by atoms with Crippen LogP contribution in [0.4, 0.5) is 5.69 Å². The lowest BCUT2D eigenvalue weighted by atomic mass is 10.0. The van der Waals surface area contributed by atoms with E-state index in [4.69, 9.17) is 0 Å². The Morgan fingerprint density at radius 1 is 1.23 bits per heavy atom. The van der Waals surface area contributed by atoms with Gasteiger partial charge in [0.2, 0.25) is 5.91 Å². The minimum absolute atomic E-state index is 0.0194. The van der Waals surface area contributed by atoms with Crippen molar-refractivity contribution in [1.29, 1.82) is 0 Å². The molecule has 1 N–H and O–H groups in total. The lowest BCUT2D eigenvalue weighted by Gasteiger charge is -2.30. The maximum absolute atomic E-state index is 11.5. The summed E-state index contributed by atoms with van der Waals surface area (Å²) in [6.07, 6.45) is 9.96. The molecule has 6 heteroatoms. The number of nitrogens with one attached hydrogen (secondary N) is 1. The van der Waals surface area contributed by atoms with Gasteiger partial charge in [0.25, 0.3) is 5.69 Å². The molecule has 0 fully saturated rings. The SMILES string of the molecule is CC(=O)NN1[C@@H]2C=CC=CC2=C[C@H]1c1ccc([N+](=O)[O-])cc1. The molecular formula is C16H15N3O3. The van der Waals surface area contributed by atoms with Gasteiger partial charge in [-0.25, -0.2) is 0 Å². The van der Waals surface area contributed by atoms with Crippen LogP contribution in [-0.2, 0) is 4.79 Å². The Bertz CT molecular complexity index is 704. The van der Waals surface area contributed by atoms with E-state index in [0.717, 1.165) is 11.1 Å². The van der Waals surface area contributed by atoms with E-state index in [-0.39, 0.29) is 23.7 Å². The molecule has 2 atom stereocenters. The van der Waals surface area contributed by atoms with Gasteiger partial charge in [-0.1, -0.05) is 42.5 Å². The van der Waals surface area contributed by atoms with Gasteiger partial charge in [-0.05, 0) is 11.1 Å². The summed E-state index contributed by atoms with van der Waals surface area (Å²) in [5.74, 6) is -0.149. The van der Waals surface area contributed by atoms with E-state index in [1.165, 1.54) is 19.1 Å². The van der Waals surface area contributed by atoms with Gasteiger partial charge in [0.05, 0.1) is 17.0 Å². The van der Waals surface area contributed by atoms with Crippen LogP contribution in [0.25, 0.3) is 0 Å². The summed E-state index contributed by atoms with van der Waals surface area (Å²) in [7, 11) is 0. The van der Waals surface area contributed by atoms with E-state index in [1.54, 1.807) is 12.1 Å². The molecule has 6 nitrogen and oxygen atoms in total. The monoisotopic (exact) mass is 297 g/mol. The Hall–Kier alpha value is -2.73. The second kappa shape index (κ2) is 5.57. The minimum Gasteiger partial charge on any atom is -0.287 e. The standard InChI is InChI=1S/C16H15N3O3/c1-11(20)17-18-15-5-3-2-4-13(15)10-16(18)12-6-8-14(9-7-12)19(21)22/h2-10,15-16H,1H3,(H,17,20)/t15-,16+/m1/s1. The van der Waals surface area contributed by atoms with Crippen molar-refractivity contribution >= 4 is 11.6 Å². The number of allylic oxidation sites excluding steroid dienone is 2. The lowest BCUT2D eigenvalue weighted by Crippen LogP contribution is -2.46. The summed E-state index contributed by atoms with van der Waals surface area (Å²) in [6.45, 7) is 1.47. The lowest BCUT2D eigenvalue weighted by molar-refractivity contribution is -0.384. The highest BCUT2D eigenvalue weighted by Crippen LogP contribution is 2.36. The maximum Gasteiger partial charge on any atom is 0.269 e. The summed E-state index contributed by atoms with van der Waals surface area (Å²) >= 11 is 0. The number of carbonyl (C=O) groups is 1. The number of carbonyl (C=O) groups excluding carboxylic acids is 1. The Balaban J connectivity index is 1.94. The largest absolute Gasteiger partial charge is 0.287 e. The zero-order valence-corrected chi connectivity index (χ0v) is 12.0.